The molecule has 1 atom stereocenters. The van der Waals surface area contributed by atoms with Crippen molar-refractivity contribution in [3.8, 4) is 17.1 Å². The summed E-state index contributed by atoms with van der Waals surface area (Å²) in [5, 5.41) is 8.47. The number of carbonyl (C=O) groups is 1. The molecule has 0 bridgehead atoms. The van der Waals surface area contributed by atoms with Crippen molar-refractivity contribution in [2.45, 2.75) is 6.10 Å². The summed E-state index contributed by atoms with van der Waals surface area (Å²) in [4.78, 5) is 18.1. The first kappa shape index (κ1) is 17.2. The molecule has 0 N–H and O–H groups in total. The van der Waals surface area contributed by atoms with Crippen LogP contribution in [0.3, 0.4) is 0 Å². The van der Waals surface area contributed by atoms with Gasteiger partial charge in [0.1, 0.15) is 18.2 Å². The Morgan fingerprint density at radius 3 is 3.11 bits per heavy atom. The third-order valence-corrected chi connectivity index (χ3v) is 4.39. The fourth-order valence-corrected chi connectivity index (χ4v) is 3.02. The van der Waals surface area contributed by atoms with Crippen LogP contribution in [-0.4, -0.2) is 67.6 Å². The van der Waals surface area contributed by atoms with Crippen LogP contribution in [0.15, 0.2) is 43.5 Å². The highest BCUT2D eigenvalue weighted by Crippen LogP contribution is 2.24. The van der Waals surface area contributed by atoms with Gasteiger partial charge in [-0.1, -0.05) is 6.58 Å². The Morgan fingerprint density at radius 1 is 1.44 bits per heavy atom. The first-order valence-electron chi connectivity index (χ1n) is 8.63. The largest absolute Gasteiger partial charge is 0.473 e. The molecule has 140 valence electrons. The van der Waals surface area contributed by atoms with Crippen molar-refractivity contribution < 1.29 is 14.3 Å². The predicted molar refractivity (Wildman–Crippen MR) is 97.2 cm³/mol. The number of nitrogens with zero attached hydrogens (tertiary/aromatic N) is 6. The van der Waals surface area contributed by atoms with E-state index in [9.17, 15) is 4.79 Å². The van der Waals surface area contributed by atoms with Crippen molar-refractivity contribution >= 4 is 11.4 Å². The molecule has 1 saturated heterocycles. The Hall–Kier alpha value is -3.20. The number of hydrogen-bond acceptors (Lipinski definition) is 6. The van der Waals surface area contributed by atoms with Crippen LogP contribution in [-0.2, 0) is 16.6 Å². The summed E-state index contributed by atoms with van der Waals surface area (Å²) in [6.07, 6.45) is 8.24. The minimum Gasteiger partial charge on any atom is -0.473 e. The third-order valence-electron chi connectivity index (χ3n) is 4.39. The van der Waals surface area contributed by atoms with E-state index in [2.05, 4.69) is 21.8 Å². The molecule has 1 fully saturated rings. The minimum absolute atomic E-state index is 0.0989. The number of hydrogen-bond donors (Lipinski definition) is 0. The van der Waals surface area contributed by atoms with Crippen LogP contribution in [0.1, 0.15) is 0 Å². The van der Waals surface area contributed by atoms with Crippen LogP contribution in [0.2, 0.25) is 0 Å². The van der Waals surface area contributed by atoms with Crippen LogP contribution in [0.5, 0.6) is 5.88 Å². The topological polar surface area (TPSA) is 86.8 Å². The first-order valence-corrected chi connectivity index (χ1v) is 8.63. The molecule has 4 rings (SSSR count). The molecule has 1 amide bonds. The fourth-order valence-electron chi connectivity index (χ4n) is 3.02. The summed E-state index contributed by atoms with van der Waals surface area (Å²) in [5.41, 5.74) is 2.34. The van der Waals surface area contributed by atoms with E-state index < -0.39 is 0 Å². The predicted octanol–water partition coefficient (Wildman–Crippen LogP) is 0.922. The summed E-state index contributed by atoms with van der Waals surface area (Å²) < 4.78 is 15.1. The number of aryl methyl sites for hydroxylation is 1. The second-order valence-corrected chi connectivity index (χ2v) is 6.29. The molecule has 0 spiro atoms. The van der Waals surface area contributed by atoms with Crippen LogP contribution < -0.4 is 4.74 Å². The molecule has 9 nitrogen and oxygen atoms in total. The summed E-state index contributed by atoms with van der Waals surface area (Å²) in [6, 6.07) is 1.84. The van der Waals surface area contributed by atoms with Crippen molar-refractivity contribution in [2.75, 3.05) is 26.3 Å². The summed E-state index contributed by atoms with van der Waals surface area (Å²) >= 11 is 0. The van der Waals surface area contributed by atoms with Gasteiger partial charge in [-0.3, -0.25) is 9.48 Å². The molecule has 3 aromatic heterocycles. The average molecular weight is 368 g/mol. The van der Waals surface area contributed by atoms with E-state index in [0.29, 0.717) is 31.3 Å². The summed E-state index contributed by atoms with van der Waals surface area (Å²) in [7, 11) is 1.85. The highest BCUT2D eigenvalue weighted by atomic mass is 16.5. The van der Waals surface area contributed by atoms with Crippen LogP contribution in [0, 0.1) is 0 Å². The lowest BCUT2D eigenvalue weighted by Crippen LogP contribution is -2.47. The van der Waals surface area contributed by atoms with Gasteiger partial charge < -0.3 is 14.4 Å². The van der Waals surface area contributed by atoms with Crippen molar-refractivity contribution in [1.82, 2.24) is 29.3 Å². The molecular weight excluding hydrogens is 348 g/mol. The Labute approximate surface area is 155 Å². The molecule has 9 heteroatoms. The zero-order chi connectivity index (χ0) is 18.8. The van der Waals surface area contributed by atoms with Gasteiger partial charge in [0.2, 0.25) is 11.8 Å². The number of morpholine rings is 1. The minimum atomic E-state index is -0.227. The number of rotatable bonds is 5. The lowest BCUT2D eigenvalue weighted by atomic mass is 10.2. The van der Waals surface area contributed by atoms with Gasteiger partial charge in [-0.15, -0.1) is 0 Å². The van der Waals surface area contributed by atoms with Gasteiger partial charge in [0.25, 0.3) is 0 Å². The molecule has 0 aliphatic carbocycles. The molecule has 3 aromatic rings. The van der Waals surface area contributed by atoms with E-state index in [0.717, 1.165) is 11.1 Å². The molecule has 27 heavy (non-hydrogen) atoms. The molecule has 0 radical (unpaired) electrons. The van der Waals surface area contributed by atoms with Gasteiger partial charge in [0.05, 0.1) is 37.4 Å². The Kier molecular flexibility index (Phi) is 4.59. The lowest BCUT2D eigenvalue weighted by Gasteiger charge is -2.32. The highest BCUT2D eigenvalue weighted by Gasteiger charge is 2.24. The third kappa shape index (κ3) is 3.54. The van der Waals surface area contributed by atoms with Crippen molar-refractivity contribution in [3.63, 3.8) is 0 Å². The molecule has 1 unspecified atom stereocenters. The zero-order valence-corrected chi connectivity index (χ0v) is 15.0. The number of fused-ring (bicyclic) bond motifs is 1. The van der Waals surface area contributed by atoms with Gasteiger partial charge in [-0.2, -0.15) is 10.2 Å². The summed E-state index contributed by atoms with van der Waals surface area (Å²) in [6.45, 7) is 5.31. The summed E-state index contributed by atoms with van der Waals surface area (Å²) in [5.74, 6) is 0.364. The zero-order valence-electron chi connectivity index (χ0n) is 15.0. The quantitative estimate of drug-likeness (QED) is 0.623. The SMILES string of the molecule is C=CC(=O)N1CCOC(COc2nc(-c3cnn(C)c3)cn3nccc23)C1. The monoisotopic (exact) mass is 368 g/mol. The van der Waals surface area contributed by atoms with Crippen LogP contribution in [0.4, 0.5) is 0 Å². The van der Waals surface area contributed by atoms with E-state index in [1.54, 1.807) is 26.5 Å². The molecule has 1 aliphatic heterocycles. The Bertz CT molecular complexity index is 979. The van der Waals surface area contributed by atoms with Gasteiger partial charge in [-0.25, -0.2) is 9.50 Å². The number of ether oxygens (including phenoxy) is 2. The van der Waals surface area contributed by atoms with Crippen molar-refractivity contribution in [3.05, 3.63) is 43.5 Å². The maximum Gasteiger partial charge on any atom is 0.246 e. The molecule has 0 saturated carbocycles. The Balaban J connectivity index is 1.54. The smallest absolute Gasteiger partial charge is 0.246 e. The maximum atomic E-state index is 11.8. The second kappa shape index (κ2) is 7.20. The molecule has 4 heterocycles. The van der Waals surface area contributed by atoms with E-state index >= 15 is 0 Å². The van der Waals surface area contributed by atoms with E-state index in [4.69, 9.17) is 9.47 Å². The standard InChI is InChI=1S/C18H20N6O3/c1-3-17(25)23-6-7-26-14(10-23)12-27-18-16-4-5-19-24(16)11-15(21-18)13-8-20-22(2)9-13/h3-5,8-9,11,14H,1,6-7,10,12H2,2H3. The second-order valence-electron chi connectivity index (χ2n) is 6.29. The van der Waals surface area contributed by atoms with Gasteiger partial charge >= 0.3 is 0 Å². The number of amides is 1. The number of aromatic nitrogens is 5. The fraction of sp³-hybridized carbons (Fsp3) is 0.333. The van der Waals surface area contributed by atoms with Crippen LogP contribution in [0.25, 0.3) is 16.8 Å². The van der Waals surface area contributed by atoms with E-state index in [1.165, 1.54) is 6.08 Å². The van der Waals surface area contributed by atoms with E-state index in [-0.39, 0.29) is 18.6 Å². The average Bonchev–Trinajstić information content (AvgIpc) is 3.34. The molecular formula is C18H20N6O3. The van der Waals surface area contributed by atoms with Crippen molar-refractivity contribution in [1.29, 1.82) is 0 Å². The normalized spacial score (nSPS) is 17.2. The van der Waals surface area contributed by atoms with Crippen molar-refractivity contribution in [2.24, 2.45) is 7.05 Å². The van der Waals surface area contributed by atoms with E-state index in [1.807, 2.05) is 25.5 Å². The van der Waals surface area contributed by atoms with Crippen LogP contribution >= 0.6 is 0 Å². The number of carbonyl (C=O) groups excluding carboxylic acids is 1. The highest BCUT2D eigenvalue weighted by molar-refractivity contribution is 5.87. The van der Waals surface area contributed by atoms with Gasteiger partial charge in [-0.05, 0) is 12.1 Å². The molecule has 1 aliphatic rings. The molecule has 0 aromatic carbocycles. The van der Waals surface area contributed by atoms with Gasteiger partial charge in [0.15, 0.2) is 0 Å². The Morgan fingerprint density at radius 2 is 2.33 bits per heavy atom. The first-order chi connectivity index (χ1) is 13.1. The van der Waals surface area contributed by atoms with Gasteiger partial charge in [0, 0.05) is 25.4 Å². The lowest BCUT2D eigenvalue weighted by molar-refractivity contribution is -0.134. The maximum absolute atomic E-state index is 11.8.